The van der Waals surface area contributed by atoms with Gasteiger partial charge in [-0.3, -0.25) is 19.3 Å². The third kappa shape index (κ3) is 4.38. The van der Waals surface area contributed by atoms with E-state index in [9.17, 15) is 27.6 Å². The molecule has 0 saturated carbocycles. The molecule has 0 N–H and O–H groups in total. The molecule has 1 fully saturated rings. The first-order chi connectivity index (χ1) is 14.1. The third-order valence-corrected chi connectivity index (χ3v) is 7.17. The van der Waals surface area contributed by atoms with Crippen molar-refractivity contribution in [3.8, 4) is 0 Å². The molecule has 1 unspecified atom stereocenters. The molecule has 2 heterocycles. The van der Waals surface area contributed by atoms with Crippen LogP contribution in [0.25, 0.3) is 0 Å². The van der Waals surface area contributed by atoms with Crippen molar-refractivity contribution in [2.75, 3.05) is 31.7 Å². The lowest BCUT2D eigenvalue weighted by Crippen LogP contribution is -2.40. The van der Waals surface area contributed by atoms with Crippen LogP contribution in [-0.2, 0) is 19.4 Å². The number of likely N-dealkylation sites (N-methyl/N-ethyl adjacent to an activating group) is 1. The number of ether oxygens (including phenoxy) is 1. The maximum absolute atomic E-state index is 12.5. The minimum Gasteiger partial charge on any atom is -0.452 e. The van der Waals surface area contributed by atoms with Crippen LogP contribution in [0, 0.1) is 0 Å². The number of carbonyl (C=O) groups excluding carboxylic acids is 4. The van der Waals surface area contributed by atoms with Gasteiger partial charge in [-0.1, -0.05) is 13.3 Å². The molecule has 2 aliphatic rings. The number of sulfone groups is 1. The van der Waals surface area contributed by atoms with Crippen molar-refractivity contribution in [2.45, 2.75) is 32.2 Å². The number of hydrogen-bond donors (Lipinski definition) is 0. The largest absolute Gasteiger partial charge is 0.452 e. The molecule has 2 aliphatic heterocycles. The highest BCUT2D eigenvalue weighted by atomic mass is 32.2. The monoisotopic (exact) mass is 436 g/mol. The molecule has 0 spiro atoms. The van der Waals surface area contributed by atoms with Crippen LogP contribution in [0.2, 0.25) is 0 Å². The van der Waals surface area contributed by atoms with Crippen molar-refractivity contribution < 1.29 is 32.3 Å². The van der Waals surface area contributed by atoms with E-state index in [0.717, 1.165) is 11.3 Å². The van der Waals surface area contributed by atoms with Gasteiger partial charge in [0.1, 0.15) is 0 Å². The van der Waals surface area contributed by atoms with Crippen LogP contribution in [-0.4, -0.2) is 79.7 Å². The summed E-state index contributed by atoms with van der Waals surface area (Å²) >= 11 is 0. The summed E-state index contributed by atoms with van der Waals surface area (Å²) in [5, 5.41) is 0. The second kappa shape index (κ2) is 8.55. The van der Waals surface area contributed by atoms with Gasteiger partial charge in [0.05, 0.1) is 28.2 Å². The first kappa shape index (κ1) is 21.9. The van der Waals surface area contributed by atoms with Crippen LogP contribution < -0.4 is 0 Å². The van der Waals surface area contributed by atoms with Gasteiger partial charge >= 0.3 is 5.97 Å². The number of nitrogens with zero attached hydrogens (tertiary/aromatic N) is 2. The Balaban J connectivity index is 1.62. The summed E-state index contributed by atoms with van der Waals surface area (Å²) in [4.78, 5) is 51.9. The minimum atomic E-state index is -3.14. The number of rotatable bonds is 7. The zero-order valence-electron chi connectivity index (χ0n) is 16.9. The Bertz CT molecular complexity index is 1000. The highest BCUT2D eigenvalue weighted by Crippen LogP contribution is 2.25. The van der Waals surface area contributed by atoms with Gasteiger partial charge in [-0.15, -0.1) is 0 Å². The Kier molecular flexibility index (Phi) is 6.25. The van der Waals surface area contributed by atoms with Crippen molar-refractivity contribution in [1.82, 2.24) is 9.80 Å². The molecule has 10 heteroatoms. The number of unbranched alkanes of at least 4 members (excludes halogenated alkanes) is 1. The fourth-order valence-corrected chi connectivity index (χ4v) is 5.31. The summed E-state index contributed by atoms with van der Waals surface area (Å²) in [6.07, 6.45) is 1.88. The fourth-order valence-electron chi connectivity index (χ4n) is 3.53. The number of amides is 3. The van der Waals surface area contributed by atoms with E-state index in [-0.39, 0.29) is 34.1 Å². The summed E-state index contributed by atoms with van der Waals surface area (Å²) in [7, 11) is -1.66. The lowest BCUT2D eigenvalue weighted by molar-refractivity contribution is -0.134. The predicted molar refractivity (Wildman–Crippen MR) is 107 cm³/mol. The summed E-state index contributed by atoms with van der Waals surface area (Å²) in [6, 6.07) is 3.67. The Hall–Kier alpha value is -2.75. The van der Waals surface area contributed by atoms with Gasteiger partial charge in [0.2, 0.25) is 0 Å². The number of imide groups is 1. The highest BCUT2D eigenvalue weighted by molar-refractivity contribution is 7.91. The molecular weight excluding hydrogens is 412 g/mol. The summed E-state index contributed by atoms with van der Waals surface area (Å²) in [6.45, 7) is 1.73. The maximum atomic E-state index is 12.5. The molecule has 162 valence electrons. The van der Waals surface area contributed by atoms with Crippen molar-refractivity contribution in [3.63, 3.8) is 0 Å². The standard InChI is InChI=1S/C20H24N2O7S/c1-3-4-8-22-18(24)15-6-5-13(10-16(15)19(22)25)20(26)29-11-17(23)21(2)14-7-9-30(27,28)12-14/h5-6,10,14H,3-4,7-9,11-12H2,1-2H3. The molecule has 0 aliphatic carbocycles. The van der Waals surface area contributed by atoms with Crippen molar-refractivity contribution in [1.29, 1.82) is 0 Å². The predicted octanol–water partition coefficient (Wildman–Crippen LogP) is 0.885. The molecule has 1 aromatic carbocycles. The Morgan fingerprint density at radius 2 is 1.90 bits per heavy atom. The van der Waals surface area contributed by atoms with Crippen molar-refractivity contribution in [2.24, 2.45) is 0 Å². The average molecular weight is 436 g/mol. The Labute approximate surface area is 174 Å². The number of carbonyl (C=O) groups is 4. The first-order valence-corrected chi connectivity index (χ1v) is 11.6. The van der Waals surface area contributed by atoms with Gasteiger partial charge in [0.25, 0.3) is 17.7 Å². The van der Waals surface area contributed by atoms with Gasteiger partial charge in [0.15, 0.2) is 16.4 Å². The molecule has 0 aromatic heterocycles. The minimum absolute atomic E-state index is 0.0340. The van der Waals surface area contributed by atoms with E-state index < -0.39 is 40.3 Å². The Morgan fingerprint density at radius 1 is 1.20 bits per heavy atom. The van der Waals surface area contributed by atoms with E-state index >= 15 is 0 Å². The number of esters is 1. The van der Waals surface area contributed by atoms with Crippen LogP contribution in [0.1, 0.15) is 57.3 Å². The van der Waals surface area contributed by atoms with Gasteiger partial charge < -0.3 is 9.64 Å². The van der Waals surface area contributed by atoms with Crippen LogP contribution in [0.4, 0.5) is 0 Å². The highest BCUT2D eigenvalue weighted by Gasteiger charge is 2.36. The van der Waals surface area contributed by atoms with Gasteiger partial charge in [-0.2, -0.15) is 0 Å². The summed E-state index contributed by atoms with van der Waals surface area (Å²) in [5.41, 5.74) is 0.446. The van der Waals surface area contributed by atoms with E-state index in [1.807, 2.05) is 6.92 Å². The second-order valence-corrected chi connectivity index (χ2v) is 9.74. The third-order valence-electron chi connectivity index (χ3n) is 5.42. The average Bonchev–Trinajstić information content (AvgIpc) is 3.20. The summed E-state index contributed by atoms with van der Waals surface area (Å²) in [5.74, 6) is -2.21. The molecule has 1 saturated heterocycles. The number of benzene rings is 1. The van der Waals surface area contributed by atoms with E-state index in [2.05, 4.69) is 0 Å². The number of hydrogen-bond acceptors (Lipinski definition) is 7. The zero-order valence-corrected chi connectivity index (χ0v) is 17.7. The number of fused-ring (bicyclic) bond motifs is 1. The quantitative estimate of drug-likeness (QED) is 0.460. The molecule has 3 rings (SSSR count). The normalized spacial score (nSPS) is 19.7. The zero-order chi connectivity index (χ0) is 22.1. The molecule has 3 amide bonds. The molecule has 1 atom stereocenters. The van der Waals surface area contributed by atoms with E-state index in [4.69, 9.17) is 4.74 Å². The summed E-state index contributed by atoms with van der Waals surface area (Å²) < 4.78 is 28.2. The molecule has 0 radical (unpaired) electrons. The van der Waals surface area contributed by atoms with Crippen LogP contribution in [0.3, 0.4) is 0 Å². The SMILES string of the molecule is CCCCN1C(=O)c2ccc(C(=O)OCC(=O)N(C)C3CCS(=O)(=O)C3)cc2C1=O. The first-order valence-electron chi connectivity index (χ1n) is 9.78. The van der Waals surface area contributed by atoms with E-state index in [1.165, 1.54) is 30.1 Å². The van der Waals surface area contributed by atoms with Crippen LogP contribution in [0.5, 0.6) is 0 Å². The maximum Gasteiger partial charge on any atom is 0.338 e. The second-order valence-electron chi connectivity index (χ2n) is 7.51. The van der Waals surface area contributed by atoms with Crippen LogP contribution >= 0.6 is 0 Å². The molecule has 1 aromatic rings. The molecule has 30 heavy (non-hydrogen) atoms. The smallest absolute Gasteiger partial charge is 0.338 e. The molecule has 9 nitrogen and oxygen atoms in total. The van der Waals surface area contributed by atoms with Gasteiger partial charge in [0, 0.05) is 19.6 Å². The fraction of sp³-hybridized carbons (Fsp3) is 0.500. The molecule has 0 bridgehead atoms. The lowest BCUT2D eigenvalue weighted by Gasteiger charge is -2.23. The van der Waals surface area contributed by atoms with Crippen LogP contribution in [0.15, 0.2) is 18.2 Å². The van der Waals surface area contributed by atoms with Crippen molar-refractivity contribution in [3.05, 3.63) is 34.9 Å². The topological polar surface area (TPSA) is 118 Å². The lowest BCUT2D eigenvalue weighted by atomic mass is 10.1. The van der Waals surface area contributed by atoms with Gasteiger partial charge in [-0.05, 0) is 31.0 Å². The Morgan fingerprint density at radius 3 is 2.53 bits per heavy atom. The van der Waals surface area contributed by atoms with E-state index in [0.29, 0.717) is 19.4 Å². The van der Waals surface area contributed by atoms with Gasteiger partial charge in [-0.25, -0.2) is 13.2 Å². The van der Waals surface area contributed by atoms with Crippen molar-refractivity contribution >= 4 is 33.5 Å². The molecular formula is C20H24N2O7S. The van der Waals surface area contributed by atoms with E-state index in [1.54, 1.807) is 0 Å².